The highest BCUT2D eigenvalue weighted by molar-refractivity contribution is 6.28. The second-order valence-electron chi connectivity index (χ2n) is 4.06. The molecule has 0 N–H and O–H groups in total. The van der Waals surface area contributed by atoms with Gasteiger partial charge in [0.25, 0.3) is 0 Å². The van der Waals surface area contributed by atoms with Crippen LogP contribution in [-0.4, -0.2) is 14.8 Å². The third-order valence-electron chi connectivity index (χ3n) is 3.01. The predicted octanol–water partition coefficient (Wildman–Crippen LogP) is 2.53. The van der Waals surface area contributed by atoms with Crippen LogP contribution in [0.2, 0.25) is 5.28 Å². The van der Waals surface area contributed by atoms with Gasteiger partial charge in [-0.2, -0.15) is 0 Å². The number of hydrogen-bond acceptors (Lipinski definition) is 2. The number of aromatic nitrogens is 3. The van der Waals surface area contributed by atoms with E-state index in [2.05, 4.69) is 21.7 Å². The van der Waals surface area contributed by atoms with Gasteiger partial charge in [0.15, 0.2) is 0 Å². The number of nitrogens with zero attached hydrogens (tertiary/aromatic N) is 3. The zero-order valence-corrected chi connectivity index (χ0v) is 8.80. The van der Waals surface area contributed by atoms with Crippen molar-refractivity contribution in [1.29, 1.82) is 0 Å². The van der Waals surface area contributed by atoms with E-state index in [0.29, 0.717) is 5.28 Å². The zero-order valence-electron chi connectivity index (χ0n) is 8.05. The van der Waals surface area contributed by atoms with Crippen LogP contribution < -0.4 is 0 Å². The third kappa shape index (κ3) is 1.35. The Labute approximate surface area is 83.1 Å². The van der Waals surface area contributed by atoms with Gasteiger partial charge in [-0.3, -0.25) is 4.57 Å². The molecular formula is C9H14ClN3. The summed E-state index contributed by atoms with van der Waals surface area (Å²) in [5.41, 5.74) is 0.157. The molecule has 1 fully saturated rings. The summed E-state index contributed by atoms with van der Waals surface area (Å²) in [6, 6.07) is 0. The molecule has 0 atom stereocenters. The molecule has 72 valence electrons. The normalized spacial score (nSPS) is 20.8. The highest BCUT2D eigenvalue weighted by Gasteiger charge is 2.33. The average Bonchev–Trinajstić information content (AvgIpc) is 2.60. The van der Waals surface area contributed by atoms with E-state index in [0.717, 1.165) is 5.82 Å². The Balaban J connectivity index is 2.43. The molecule has 1 heterocycles. The fourth-order valence-electron chi connectivity index (χ4n) is 2.31. The van der Waals surface area contributed by atoms with Gasteiger partial charge in [-0.15, -0.1) is 10.2 Å². The van der Waals surface area contributed by atoms with Crippen LogP contribution in [0.1, 0.15) is 38.4 Å². The molecule has 1 saturated carbocycles. The van der Waals surface area contributed by atoms with Crippen LogP contribution in [0.4, 0.5) is 0 Å². The van der Waals surface area contributed by atoms with Crippen LogP contribution in [-0.2, 0) is 5.54 Å². The summed E-state index contributed by atoms with van der Waals surface area (Å²) in [7, 11) is 0. The molecule has 0 aromatic carbocycles. The predicted molar refractivity (Wildman–Crippen MR) is 51.9 cm³/mol. The molecule has 0 aliphatic heterocycles. The highest BCUT2D eigenvalue weighted by atomic mass is 35.5. The van der Waals surface area contributed by atoms with Crippen LogP contribution >= 0.6 is 11.6 Å². The number of aryl methyl sites for hydroxylation is 1. The van der Waals surface area contributed by atoms with E-state index in [1.807, 2.05) is 6.92 Å². The quantitative estimate of drug-likeness (QED) is 0.696. The van der Waals surface area contributed by atoms with E-state index < -0.39 is 0 Å². The van der Waals surface area contributed by atoms with E-state index in [1.54, 1.807) is 0 Å². The van der Waals surface area contributed by atoms with Gasteiger partial charge in [-0.05, 0) is 38.3 Å². The molecule has 0 saturated heterocycles. The summed E-state index contributed by atoms with van der Waals surface area (Å²) in [5, 5.41) is 8.40. The van der Waals surface area contributed by atoms with Gasteiger partial charge in [0.05, 0.1) is 0 Å². The molecule has 2 rings (SSSR count). The molecule has 0 amide bonds. The lowest BCUT2D eigenvalue weighted by Gasteiger charge is -2.26. The maximum Gasteiger partial charge on any atom is 0.225 e. The van der Waals surface area contributed by atoms with Crippen LogP contribution in [0.25, 0.3) is 0 Å². The molecule has 1 aliphatic rings. The SMILES string of the molecule is Cc1nnc(Cl)n1C1(C)CCCC1. The van der Waals surface area contributed by atoms with Crippen molar-refractivity contribution in [2.75, 3.05) is 0 Å². The van der Waals surface area contributed by atoms with Crippen molar-refractivity contribution in [2.45, 2.75) is 45.1 Å². The van der Waals surface area contributed by atoms with E-state index >= 15 is 0 Å². The molecule has 0 unspecified atom stereocenters. The van der Waals surface area contributed by atoms with Crippen molar-refractivity contribution in [1.82, 2.24) is 14.8 Å². The molecule has 0 radical (unpaired) electrons. The van der Waals surface area contributed by atoms with Crippen LogP contribution in [0.5, 0.6) is 0 Å². The molecule has 0 spiro atoms. The smallest absolute Gasteiger partial charge is 0.225 e. The van der Waals surface area contributed by atoms with E-state index in [1.165, 1.54) is 25.7 Å². The Morgan fingerprint density at radius 2 is 1.92 bits per heavy atom. The first-order valence-corrected chi connectivity index (χ1v) is 5.09. The molecular weight excluding hydrogens is 186 g/mol. The first kappa shape index (κ1) is 9.00. The van der Waals surface area contributed by atoms with E-state index in [4.69, 9.17) is 11.6 Å². The van der Waals surface area contributed by atoms with E-state index in [9.17, 15) is 0 Å². The van der Waals surface area contributed by atoms with Gasteiger partial charge < -0.3 is 0 Å². The fourth-order valence-corrected chi connectivity index (χ4v) is 2.67. The molecule has 1 aromatic rings. The Hall–Kier alpha value is -0.570. The highest BCUT2D eigenvalue weighted by Crippen LogP contribution is 2.38. The molecule has 0 bridgehead atoms. The van der Waals surface area contributed by atoms with Crippen molar-refractivity contribution >= 4 is 11.6 Å². The van der Waals surface area contributed by atoms with Gasteiger partial charge in [0.1, 0.15) is 5.82 Å². The minimum atomic E-state index is 0.157. The van der Waals surface area contributed by atoms with Crippen molar-refractivity contribution < 1.29 is 0 Å². The molecule has 3 nitrogen and oxygen atoms in total. The second-order valence-corrected chi connectivity index (χ2v) is 4.39. The lowest BCUT2D eigenvalue weighted by Crippen LogP contribution is -2.27. The minimum Gasteiger partial charge on any atom is -0.296 e. The topological polar surface area (TPSA) is 30.7 Å². The Bertz CT molecular complexity index is 293. The van der Waals surface area contributed by atoms with Crippen molar-refractivity contribution in [3.8, 4) is 0 Å². The molecule has 4 heteroatoms. The van der Waals surface area contributed by atoms with Crippen LogP contribution in [0.3, 0.4) is 0 Å². The third-order valence-corrected chi connectivity index (χ3v) is 3.25. The standard InChI is InChI=1S/C9H14ClN3/c1-7-11-12-8(10)13(7)9(2)5-3-4-6-9/h3-6H2,1-2H3. The number of halogens is 1. The van der Waals surface area contributed by atoms with Gasteiger partial charge >= 0.3 is 0 Å². The van der Waals surface area contributed by atoms with Crippen molar-refractivity contribution in [2.24, 2.45) is 0 Å². The monoisotopic (exact) mass is 199 g/mol. The van der Waals surface area contributed by atoms with Gasteiger partial charge in [-0.25, -0.2) is 0 Å². The second kappa shape index (κ2) is 2.98. The van der Waals surface area contributed by atoms with Gasteiger partial charge in [0, 0.05) is 5.54 Å². The van der Waals surface area contributed by atoms with Gasteiger partial charge in [-0.1, -0.05) is 12.8 Å². The lowest BCUT2D eigenvalue weighted by molar-refractivity contribution is 0.322. The fraction of sp³-hybridized carbons (Fsp3) is 0.778. The summed E-state index contributed by atoms with van der Waals surface area (Å²) in [6.07, 6.45) is 4.94. The Kier molecular flexibility index (Phi) is 2.06. The largest absolute Gasteiger partial charge is 0.296 e. The molecule has 13 heavy (non-hydrogen) atoms. The number of hydrogen-bond donors (Lipinski definition) is 0. The lowest BCUT2D eigenvalue weighted by atomic mass is 10.0. The first-order valence-electron chi connectivity index (χ1n) is 4.71. The van der Waals surface area contributed by atoms with E-state index in [-0.39, 0.29) is 5.54 Å². The number of rotatable bonds is 1. The van der Waals surface area contributed by atoms with Gasteiger partial charge in [0.2, 0.25) is 5.28 Å². The molecule has 1 aromatic heterocycles. The summed E-state index contributed by atoms with van der Waals surface area (Å²) in [4.78, 5) is 0. The zero-order chi connectivity index (χ0) is 9.47. The average molecular weight is 200 g/mol. The summed E-state index contributed by atoms with van der Waals surface area (Å²) in [6.45, 7) is 4.20. The van der Waals surface area contributed by atoms with Crippen LogP contribution in [0, 0.1) is 6.92 Å². The van der Waals surface area contributed by atoms with Crippen molar-refractivity contribution in [3.63, 3.8) is 0 Å². The summed E-state index contributed by atoms with van der Waals surface area (Å²) < 4.78 is 2.07. The summed E-state index contributed by atoms with van der Waals surface area (Å²) >= 11 is 6.00. The Morgan fingerprint density at radius 3 is 2.38 bits per heavy atom. The van der Waals surface area contributed by atoms with Crippen molar-refractivity contribution in [3.05, 3.63) is 11.1 Å². The molecule has 1 aliphatic carbocycles. The minimum absolute atomic E-state index is 0.157. The summed E-state index contributed by atoms with van der Waals surface area (Å²) in [5.74, 6) is 0.925. The maximum absolute atomic E-state index is 6.00. The maximum atomic E-state index is 6.00. The van der Waals surface area contributed by atoms with Crippen LogP contribution in [0.15, 0.2) is 0 Å². The first-order chi connectivity index (χ1) is 6.13. The Morgan fingerprint density at radius 1 is 1.31 bits per heavy atom.